The Labute approximate surface area is 214 Å². The SMILES string of the molecule is CC(C)(C)CC(=O)N1CCN(S(=O)(=O)Cc2ccccc2)C1C(=O)NC(CC(=O)O)C1CCCCC1. The Hall–Kier alpha value is -2.46. The molecule has 0 spiro atoms. The molecule has 2 aliphatic rings. The number of benzene rings is 1. The van der Waals surface area contributed by atoms with Crippen LogP contribution in [-0.4, -0.2) is 65.8 Å². The van der Waals surface area contributed by atoms with Gasteiger partial charge in [-0.05, 0) is 29.7 Å². The molecule has 2 fully saturated rings. The summed E-state index contributed by atoms with van der Waals surface area (Å²) in [5.41, 5.74) is 0.240. The average Bonchev–Trinajstić information content (AvgIpc) is 3.25. The van der Waals surface area contributed by atoms with Crippen LogP contribution in [0.4, 0.5) is 0 Å². The van der Waals surface area contributed by atoms with E-state index in [9.17, 15) is 27.9 Å². The molecule has 2 atom stereocenters. The van der Waals surface area contributed by atoms with Crippen LogP contribution in [0, 0.1) is 11.3 Å². The predicted octanol–water partition coefficient (Wildman–Crippen LogP) is 2.96. The highest BCUT2D eigenvalue weighted by Crippen LogP contribution is 2.30. The minimum Gasteiger partial charge on any atom is -0.481 e. The molecular formula is C26H39N3O6S. The summed E-state index contributed by atoms with van der Waals surface area (Å²) in [6.07, 6.45) is 3.21. The topological polar surface area (TPSA) is 124 Å². The number of carbonyl (C=O) groups is 3. The summed E-state index contributed by atoms with van der Waals surface area (Å²) < 4.78 is 28.0. The number of nitrogens with zero attached hydrogens (tertiary/aromatic N) is 2. The minimum atomic E-state index is -3.94. The van der Waals surface area contributed by atoms with Gasteiger partial charge < -0.3 is 15.3 Å². The second kappa shape index (κ2) is 11.7. The molecule has 0 bridgehead atoms. The number of amides is 2. The predicted molar refractivity (Wildman–Crippen MR) is 136 cm³/mol. The van der Waals surface area contributed by atoms with Crippen molar-refractivity contribution in [2.75, 3.05) is 13.1 Å². The number of carboxylic acids is 1. The standard InChI is InChI=1S/C26H39N3O6S/c1-26(2,3)17-22(30)28-14-15-29(36(34,35)18-19-10-6-4-7-11-19)25(28)24(33)27-21(16-23(31)32)20-12-8-5-9-13-20/h4,6-7,10-11,20-21,25H,5,8-9,12-18H2,1-3H3,(H,27,33)(H,31,32). The summed E-state index contributed by atoms with van der Waals surface area (Å²) in [6.45, 7) is 5.84. The van der Waals surface area contributed by atoms with Gasteiger partial charge in [0.25, 0.3) is 5.91 Å². The van der Waals surface area contributed by atoms with Crippen molar-refractivity contribution in [3.05, 3.63) is 35.9 Å². The van der Waals surface area contributed by atoms with E-state index < -0.39 is 34.1 Å². The Kier molecular flexibility index (Phi) is 9.16. The smallest absolute Gasteiger partial charge is 0.305 e. The maximum Gasteiger partial charge on any atom is 0.305 e. The highest BCUT2D eigenvalue weighted by atomic mass is 32.2. The van der Waals surface area contributed by atoms with Gasteiger partial charge in [0, 0.05) is 25.6 Å². The van der Waals surface area contributed by atoms with Gasteiger partial charge in [-0.25, -0.2) is 8.42 Å². The fourth-order valence-corrected chi connectivity index (χ4v) is 6.82. The average molecular weight is 522 g/mol. The van der Waals surface area contributed by atoms with E-state index in [1.165, 1.54) is 4.90 Å². The van der Waals surface area contributed by atoms with Gasteiger partial charge in [-0.2, -0.15) is 4.31 Å². The van der Waals surface area contributed by atoms with Gasteiger partial charge in [0.15, 0.2) is 6.17 Å². The number of nitrogens with one attached hydrogen (secondary N) is 1. The van der Waals surface area contributed by atoms with E-state index in [0.717, 1.165) is 36.4 Å². The van der Waals surface area contributed by atoms with E-state index in [0.29, 0.717) is 5.56 Å². The summed E-state index contributed by atoms with van der Waals surface area (Å²) in [6, 6.07) is 8.09. The van der Waals surface area contributed by atoms with Gasteiger partial charge in [0.1, 0.15) is 0 Å². The van der Waals surface area contributed by atoms with Crippen LogP contribution in [0.3, 0.4) is 0 Å². The molecule has 1 aromatic rings. The van der Waals surface area contributed by atoms with E-state index in [1.807, 2.05) is 20.8 Å². The highest BCUT2D eigenvalue weighted by molar-refractivity contribution is 7.88. The molecule has 1 aliphatic heterocycles. The summed E-state index contributed by atoms with van der Waals surface area (Å²) in [5.74, 6) is -2.24. The van der Waals surface area contributed by atoms with E-state index >= 15 is 0 Å². The fourth-order valence-electron chi connectivity index (χ4n) is 5.17. The summed E-state index contributed by atoms with van der Waals surface area (Å²) in [4.78, 5) is 39.8. The van der Waals surface area contributed by atoms with Crippen molar-refractivity contribution < 1.29 is 27.9 Å². The van der Waals surface area contributed by atoms with Crippen molar-refractivity contribution >= 4 is 27.8 Å². The van der Waals surface area contributed by atoms with Crippen LogP contribution in [0.15, 0.2) is 30.3 Å². The number of hydrogen-bond acceptors (Lipinski definition) is 5. The van der Waals surface area contributed by atoms with Crippen LogP contribution in [0.1, 0.15) is 71.3 Å². The number of sulfonamides is 1. The largest absolute Gasteiger partial charge is 0.481 e. The van der Waals surface area contributed by atoms with Gasteiger partial charge in [-0.3, -0.25) is 14.4 Å². The Morgan fingerprint density at radius 2 is 1.69 bits per heavy atom. The molecule has 2 unspecified atom stereocenters. The van der Waals surface area contributed by atoms with Gasteiger partial charge in [-0.1, -0.05) is 70.4 Å². The van der Waals surface area contributed by atoms with Crippen LogP contribution < -0.4 is 5.32 Å². The number of carbonyl (C=O) groups excluding carboxylic acids is 2. The zero-order valence-corrected chi connectivity index (χ0v) is 22.3. The number of rotatable bonds is 9. The Morgan fingerprint density at radius 1 is 1.06 bits per heavy atom. The molecule has 200 valence electrons. The molecule has 10 heteroatoms. The molecule has 1 heterocycles. The maximum absolute atomic E-state index is 13.7. The van der Waals surface area contributed by atoms with Crippen molar-refractivity contribution in [2.45, 2.75) is 83.7 Å². The monoisotopic (exact) mass is 521 g/mol. The van der Waals surface area contributed by atoms with Crippen molar-refractivity contribution in [1.82, 2.24) is 14.5 Å². The van der Waals surface area contributed by atoms with Gasteiger partial charge in [0.2, 0.25) is 15.9 Å². The van der Waals surface area contributed by atoms with Crippen LogP contribution in [0.5, 0.6) is 0 Å². The normalized spacial score (nSPS) is 20.8. The van der Waals surface area contributed by atoms with Crippen molar-refractivity contribution in [2.24, 2.45) is 11.3 Å². The van der Waals surface area contributed by atoms with Crippen LogP contribution in [0.25, 0.3) is 0 Å². The second-order valence-electron chi connectivity index (χ2n) is 11.2. The van der Waals surface area contributed by atoms with Crippen LogP contribution in [0.2, 0.25) is 0 Å². The zero-order valence-electron chi connectivity index (χ0n) is 21.5. The molecule has 3 rings (SSSR count). The minimum absolute atomic E-state index is 0.00769. The molecule has 2 amide bonds. The Bertz CT molecular complexity index is 1030. The molecular weight excluding hydrogens is 482 g/mol. The lowest BCUT2D eigenvalue weighted by Gasteiger charge is -2.34. The van der Waals surface area contributed by atoms with Gasteiger partial charge >= 0.3 is 5.97 Å². The lowest BCUT2D eigenvalue weighted by atomic mass is 9.82. The number of aliphatic carboxylic acids is 1. The maximum atomic E-state index is 13.7. The first-order valence-electron chi connectivity index (χ1n) is 12.7. The molecule has 0 radical (unpaired) electrons. The van der Waals surface area contributed by atoms with Crippen molar-refractivity contribution in [3.8, 4) is 0 Å². The zero-order chi connectivity index (χ0) is 26.5. The Balaban J connectivity index is 1.89. The second-order valence-corrected chi connectivity index (χ2v) is 13.1. The van der Waals surface area contributed by atoms with Gasteiger partial charge in [-0.15, -0.1) is 0 Å². The molecule has 9 nitrogen and oxygen atoms in total. The molecule has 2 N–H and O–H groups in total. The van der Waals surface area contributed by atoms with Gasteiger partial charge in [0.05, 0.1) is 12.2 Å². The fraction of sp³-hybridized carbons (Fsp3) is 0.654. The molecule has 36 heavy (non-hydrogen) atoms. The van der Waals surface area contributed by atoms with E-state index in [-0.39, 0.29) is 48.9 Å². The number of hydrogen-bond donors (Lipinski definition) is 2. The quantitative estimate of drug-likeness (QED) is 0.515. The molecule has 1 saturated carbocycles. The third kappa shape index (κ3) is 7.52. The first kappa shape index (κ1) is 28.1. The third-order valence-electron chi connectivity index (χ3n) is 6.86. The summed E-state index contributed by atoms with van der Waals surface area (Å²) in [7, 11) is -3.94. The van der Waals surface area contributed by atoms with Crippen molar-refractivity contribution in [1.29, 1.82) is 0 Å². The first-order chi connectivity index (χ1) is 16.9. The lowest BCUT2D eigenvalue weighted by molar-refractivity contribution is -0.143. The number of carboxylic acid groups (broad SMARTS) is 1. The highest BCUT2D eigenvalue weighted by Gasteiger charge is 2.47. The van der Waals surface area contributed by atoms with E-state index in [4.69, 9.17) is 0 Å². The molecule has 1 saturated heterocycles. The third-order valence-corrected chi connectivity index (χ3v) is 8.65. The van der Waals surface area contributed by atoms with Crippen molar-refractivity contribution in [3.63, 3.8) is 0 Å². The van der Waals surface area contributed by atoms with E-state index in [1.54, 1.807) is 30.3 Å². The van der Waals surface area contributed by atoms with Crippen LogP contribution >= 0.6 is 0 Å². The lowest BCUT2D eigenvalue weighted by Crippen LogP contribution is -2.57. The molecule has 1 aromatic carbocycles. The Morgan fingerprint density at radius 3 is 2.28 bits per heavy atom. The van der Waals surface area contributed by atoms with E-state index in [2.05, 4.69) is 5.32 Å². The summed E-state index contributed by atoms with van der Waals surface area (Å²) >= 11 is 0. The summed E-state index contributed by atoms with van der Waals surface area (Å²) in [5, 5.41) is 12.3. The molecule has 1 aliphatic carbocycles. The first-order valence-corrected chi connectivity index (χ1v) is 14.3. The van der Waals surface area contributed by atoms with Crippen LogP contribution in [-0.2, 0) is 30.2 Å². The molecule has 0 aromatic heterocycles.